The molecular weight excluding hydrogens is 244 g/mol. The van der Waals surface area contributed by atoms with E-state index in [1.807, 2.05) is 6.92 Å². The summed E-state index contributed by atoms with van der Waals surface area (Å²) in [6, 6.07) is -0.271. The first-order valence-electron chi connectivity index (χ1n) is 6.98. The highest BCUT2D eigenvalue weighted by Gasteiger charge is 2.37. The van der Waals surface area contributed by atoms with Crippen LogP contribution in [0.2, 0.25) is 0 Å². The van der Waals surface area contributed by atoms with E-state index in [2.05, 4.69) is 19.2 Å². The van der Waals surface area contributed by atoms with Gasteiger partial charge in [0.25, 0.3) is 0 Å². The number of rotatable bonds is 7. The lowest BCUT2D eigenvalue weighted by Gasteiger charge is -2.35. The van der Waals surface area contributed by atoms with Crippen molar-refractivity contribution in [3.05, 3.63) is 0 Å². The number of carboxylic acid groups (broad SMARTS) is 1. The molecule has 0 bridgehead atoms. The number of aliphatic carboxylic acids is 1. The first-order valence-corrected chi connectivity index (χ1v) is 6.98. The van der Waals surface area contributed by atoms with Crippen LogP contribution in [0.4, 0.5) is 4.79 Å². The number of hydrogen-bond acceptors (Lipinski definition) is 2. The zero-order chi connectivity index (χ0) is 15.2. The smallest absolute Gasteiger partial charge is 0.329 e. The highest BCUT2D eigenvalue weighted by molar-refractivity contribution is 5.85. The van der Waals surface area contributed by atoms with Crippen LogP contribution in [0, 0.1) is 5.92 Å². The van der Waals surface area contributed by atoms with Crippen molar-refractivity contribution in [3.63, 3.8) is 0 Å². The summed E-state index contributed by atoms with van der Waals surface area (Å²) in [6.07, 6.45) is 1.96. The number of nitrogens with zero attached hydrogens (tertiary/aromatic N) is 1. The van der Waals surface area contributed by atoms with Crippen molar-refractivity contribution in [2.24, 2.45) is 5.92 Å². The summed E-state index contributed by atoms with van der Waals surface area (Å²) in [5.41, 5.74) is -1.20. The minimum Gasteiger partial charge on any atom is -0.480 e. The van der Waals surface area contributed by atoms with Gasteiger partial charge in [-0.3, -0.25) is 0 Å². The van der Waals surface area contributed by atoms with Crippen LogP contribution in [-0.4, -0.2) is 40.1 Å². The zero-order valence-electron chi connectivity index (χ0n) is 13.0. The molecule has 2 amide bonds. The Morgan fingerprint density at radius 1 is 1.26 bits per heavy atom. The third kappa shape index (κ3) is 5.09. The number of hydrogen-bond donors (Lipinski definition) is 2. The summed E-state index contributed by atoms with van der Waals surface area (Å²) in [5.74, 6) is -0.461. The molecule has 0 heterocycles. The molecule has 5 heteroatoms. The summed E-state index contributed by atoms with van der Waals surface area (Å²) in [4.78, 5) is 24.7. The van der Waals surface area contributed by atoms with E-state index in [0.717, 1.165) is 12.8 Å². The van der Waals surface area contributed by atoms with Crippen LogP contribution in [0.5, 0.6) is 0 Å². The van der Waals surface area contributed by atoms with Gasteiger partial charge in [-0.2, -0.15) is 0 Å². The molecule has 0 aliphatic carbocycles. The molecule has 0 aliphatic heterocycles. The Balaban J connectivity index is 4.66. The SMILES string of the molecule is CCC(C)CC(C)NC(=O)N(CC)C(C)(C)C(=O)O. The topological polar surface area (TPSA) is 69.6 Å². The lowest BCUT2D eigenvalue weighted by atomic mass is 10.0. The van der Waals surface area contributed by atoms with Gasteiger partial charge in [0.2, 0.25) is 0 Å². The van der Waals surface area contributed by atoms with Crippen LogP contribution in [0.25, 0.3) is 0 Å². The first-order chi connectivity index (χ1) is 8.66. The van der Waals surface area contributed by atoms with Crippen molar-refractivity contribution in [2.45, 2.75) is 66.0 Å². The molecule has 0 spiro atoms. The molecule has 0 fully saturated rings. The molecule has 0 rings (SSSR count). The number of amides is 2. The average Bonchev–Trinajstić information content (AvgIpc) is 2.28. The van der Waals surface area contributed by atoms with Crippen molar-refractivity contribution >= 4 is 12.0 Å². The lowest BCUT2D eigenvalue weighted by Crippen LogP contribution is -2.57. The number of carbonyl (C=O) groups excluding carboxylic acids is 1. The second-order valence-corrected chi connectivity index (χ2v) is 5.71. The van der Waals surface area contributed by atoms with Gasteiger partial charge in [-0.1, -0.05) is 20.3 Å². The Bertz CT molecular complexity index is 316. The maximum absolute atomic E-state index is 12.2. The van der Waals surface area contributed by atoms with E-state index in [0.29, 0.717) is 12.5 Å². The Kier molecular flexibility index (Phi) is 6.87. The maximum atomic E-state index is 12.2. The molecule has 5 nitrogen and oxygen atoms in total. The number of nitrogens with one attached hydrogen (secondary N) is 1. The Labute approximate surface area is 116 Å². The summed E-state index contributed by atoms with van der Waals surface area (Å²) in [6.45, 7) is 11.4. The molecule has 2 N–H and O–H groups in total. The standard InChI is InChI=1S/C14H28N2O3/c1-7-10(3)9-11(4)15-13(19)16(8-2)14(5,6)12(17)18/h10-11H,7-9H2,1-6H3,(H,15,19)(H,17,18). The van der Waals surface area contributed by atoms with Crippen LogP contribution in [0.3, 0.4) is 0 Å². The lowest BCUT2D eigenvalue weighted by molar-refractivity contribution is -0.147. The Hall–Kier alpha value is -1.26. The van der Waals surface area contributed by atoms with Crippen LogP contribution in [-0.2, 0) is 4.79 Å². The van der Waals surface area contributed by atoms with Crippen molar-refractivity contribution in [1.82, 2.24) is 10.2 Å². The maximum Gasteiger partial charge on any atom is 0.329 e. The minimum atomic E-state index is -1.20. The third-order valence-corrected chi connectivity index (χ3v) is 3.58. The molecular formula is C14H28N2O3. The van der Waals surface area contributed by atoms with Gasteiger partial charge in [-0.25, -0.2) is 9.59 Å². The molecule has 2 unspecified atom stereocenters. The number of likely N-dealkylation sites (N-methyl/N-ethyl adjacent to an activating group) is 1. The zero-order valence-corrected chi connectivity index (χ0v) is 13.0. The van der Waals surface area contributed by atoms with Gasteiger partial charge in [0, 0.05) is 12.6 Å². The van der Waals surface area contributed by atoms with Crippen molar-refractivity contribution in [1.29, 1.82) is 0 Å². The summed E-state index contributed by atoms with van der Waals surface area (Å²) in [5, 5.41) is 12.1. The van der Waals surface area contributed by atoms with E-state index in [1.54, 1.807) is 6.92 Å². The van der Waals surface area contributed by atoms with E-state index in [9.17, 15) is 14.7 Å². The highest BCUT2D eigenvalue weighted by atomic mass is 16.4. The molecule has 0 aromatic rings. The van der Waals surface area contributed by atoms with Crippen LogP contribution in [0.1, 0.15) is 54.4 Å². The molecule has 19 heavy (non-hydrogen) atoms. The molecule has 2 atom stereocenters. The van der Waals surface area contributed by atoms with Gasteiger partial charge in [-0.15, -0.1) is 0 Å². The minimum absolute atomic E-state index is 0.0427. The molecule has 0 saturated carbocycles. The molecule has 0 radical (unpaired) electrons. The second kappa shape index (κ2) is 7.36. The van der Waals surface area contributed by atoms with E-state index in [-0.39, 0.29) is 12.1 Å². The quantitative estimate of drug-likeness (QED) is 0.748. The van der Waals surface area contributed by atoms with E-state index in [4.69, 9.17) is 0 Å². The van der Waals surface area contributed by atoms with E-state index in [1.165, 1.54) is 18.7 Å². The highest BCUT2D eigenvalue weighted by Crippen LogP contribution is 2.16. The van der Waals surface area contributed by atoms with Crippen LogP contribution >= 0.6 is 0 Å². The molecule has 112 valence electrons. The summed E-state index contributed by atoms with van der Waals surface area (Å²) in [7, 11) is 0. The fourth-order valence-corrected chi connectivity index (χ4v) is 2.03. The van der Waals surface area contributed by atoms with Gasteiger partial charge in [0.05, 0.1) is 0 Å². The molecule has 0 saturated heterocycles. The number of urea groups is 1. The van der Waals surface area contributed by atoms with Crippen molar-refractivity contribution in [3.8, 4) is 0 Å². The van der Waals surface area contributed by atoms with Crippen LogP contribution in [0.15, 0.2) is 0 Å². The van der Waals surface area contributed by atoms with Crippen molar-refractivity contribution < 1.29 is 14.7 Å². The fourth-order valence-electron chi connectivity index (χ4n) is 2.03. The monoisotopic (exact) mass is 272 g/mol. The number of carbonyl (C=O) groups is 2. The van der Waals surface area contributed by atoms with Crippen LogP contribution < -0.4 is 5.32 Å². The van der Waals surface area contributed by atoms with Gasteiger partial charge >= 0.3 is 12.0 Å². The molecule has 0 aromatic heterocycles. The van der Waals surface area contributed by atoms with Gasteiger partial charge in [-0.05, 0) is 40.0 Å². The molecule has 0 aromatic carbocycles. The van der Waals surface area contributed by atoms with Gasteiger partial charge in [0.1, 0.15) is 5.54 Å². The number of carboxylic acids is 1. The first kappa shape index (κ1) is 17.7. The summed E-state index contributed by atoms with van der Waals surface area (Å²) >= 11 is 0. The average molecular weight is 272 g/mol. The third-order valence-electron chi connectivity index (χ3n) is 3.58. The predicted octanol–water partition coefficient (Wildman–Crippen LogP) is 2.71. The van der Waals surface area contributed by atoms with E-state index < -0.39 is 11.5 Å². The van der Waals surface area contributed by atoms with Crippen molar-refractivity contribution in [2.75, 3.05) is 6.54 Å². The largest absolute Gasteiger partial charge is 0.480 e. The second-order valence-electron chi connectivity index (χ2n) is 5.71. The van der Waals surface area contributed by atoms with Gasteiger partial charge < -0.3 is 15.3 Å². The fraction of sp³-hybridized carbons (Fsp3) is 0.857. The predicted molar refractivity (Wildman–Crippen MR) is 76.2 cm³/mol. The van der Waals surface area contributed by atoms with E-state index >= 15 is 0 Å². The normalized spacial score (nSPS) is 14.6. The molecule has 0 aliphatic rings. The Morgan fingerprint density at radius 3 is 2.16 bits per heavy atom. The van der Waals surface area contributed by atoms with Gasteiger partial charge in [0.15, 0.2) is 0 Å². The Morgan fingerprint density at radius 2 is 1.79 bits per heavy atom. The summed E-state index contributed by atoms with van der Waals surface area (Å²) < 4.78 is 0.